The maximum Gasteiger partial charge on any atom is 0.249 e. The van der Waals surface area contributed by atoms with Crippen LogP contribution in [0.15, 0.2) is 42.1 Å². The van der Waals surface area contributed by atoms with E-state index in [4.69, 9.17) is 10.1 Å². The van der Waals surface area contributed by atoms with Crippen molar-refractivity contribution in [3.05, 3.63) is 53.2 Å². The maximum absolute atomic E-state index is 13.0. The maximum atomic E-state index is 13.0. The number of hydrogen-bond acceptors (Lipinski definition) is 7. The normalized spacial score (nSPS) is 26.0. The highest BCUT2D eigenvalue weighted by Crippen LogP contribution is 2.51. The molecule has 3 N–H and O–H groups in total. The fourth-order valence-electron chi connectivity index (χ4n) is 6.98. The van der Waals surface area contributed by atoms with Gasteiger partial charge < -0.3 is 25.3 Å². The van der Waals surface area contributed by atoms with Gasteiger partial charge in [0.25, 0.3) is 0 Å². The molecule has 4 amide bonds. The van der Waals surface area contributed by atoms with E-state index in [1.165, 1.54) is 11.1 Å². The van der Waals surface area contributed by atoms with Gasteiger partial charge in [-0.15, -0.1) is 0 Å². The van der Waals surface area contributed by atoms with Gasteiger partial charge in [-0.1, -0.05) is 24.3 Å². The molecule has 5 aliphatic rings. The molecule has 0 aromatic heterocycles. The second-order valence-corrected chi connectivity index (χ2v) is 12.1. The number of amides is 4. The molecule has 0 radical (unpaired) electrons. The van der Waals surface area contributed by atoms with E-state index in [0.29, 0.717) is 25.1 Å². The topological polar surface area (TPSA) is 132 Å². The minimum absolute atomic E-state index is 0.182. The summed E-state index contributed by atoms with van der Waals surface area (Å²) >= 11 is 0. The van der Waals surface area contributed by atoms with Crippen LogP contribution in [0.4, 0.5) is 5.69 Å². The second-order valence-electron chi connectivity index (χ2n) is 12.1. The number of carbonyl (C=O) groups is 4. The Morgan fingerprint density at radius 2 is 1.98 bits per heavy atom. The molecule has 4 saturated heterocycles. The number of nitrogens with one attached hydrogen (secondary N) is 3. The Morgan fingerprint density at radius 3 is 2.64 bits per heavy atom. The Hall–Kier alpha value is -4.05. The van der Waals surface area contributed by atoms with E-state index in [1.54, 1.807) is 0 Å². The summed E-state index contributed by atoms with van der Waals surface area (Å²) in [4.78, 5) is 53.0. The van der Waals surface area contributed by atoms with Crippen LogP contribution in [0.3, 0.4) is 0 Å². The monoisotopic (exact) mass is 571 g/mol. The first-order valence-corrected chi connectivity index (χ1v) is 14.8. The molecule has 1 saturated carbocycles. The van der Waals surface area contributed by atoms with Gasteiger partial charge in [-0.2, -0.15) is 0 Å². The third kappa shape index (κ3) is 5.08. The molecular formula is C32H37N5O5. The van der Waals surface area contributed by atoms with Gasteiger partial charge in [0.15, 0.2) is 0 Å². The van der Waals surface area contributed by atoms with Crippen LogP contribution in [0.1, 0.15) is 49.7 Å². The van der Waals surface area contributed by atoms with E-state index in [2.05, 4.69) is 10.6 Å². The van der Waals surface area contributed by atoms with Gasteiger partial charge in [-0.05, 0) is 67.2 Å². The summed E-state index contributed by atoms with van der Waals surface area (Å²) in [5, 5.41) is 15.7. The quantitative estimate of drug-likeness (QED) is 0.241. The molecule has 42 heavy (non-hydrogen) atoms. The van der Waals surface area contributed by atoms with Crippen molar-refractivity contribution in [3.8, 4) is 0 Å². The first-order chi connectivity index (χ1) is 20.3. The third-order valence-electron chi connectivity index (χ3n) is 9.41. The number of aryl methyl sites for hydroxylation is 1. The summed E-state index contributed by atoms with van der Waals surface area (Å²) in [6.45, 7) is 3.99. The SMILES string of the molecule is Cc1cccc2c(C/C(C=N)=C/NC3CCN(C(=O)C45COC(C4)C5)CC3)ccc(N(C=O)C3CCC(=O)NC3=O)c12. The number of carbonyl (C=O) groups excluding carboxylic acids is 4. The minimum Gasteiger partial charge on any atom is -0.388 e. The Kier molecular flexibility index (Phi) is 7.57. The van der Waals surface area contributed by atoms with Gasteiger partial charge in [0, 0.05) is 49.8 Å². The number of benzene rings is 2. The molecule has 1 unspecified atom stereocenters. The van der Waals surface area contributed by atoms with E-state index in [1.807, 2.05) is 48.4 Å². The summed E-state index contributed by atoms with van der Waals surface area (Å²) in [6.07, 6.45) is 8.62. The zero-order valence-electron chi connectivity index (χ0n) is 23.9. The number of fused-ring (bicyclic) bond motifs is 2. The van der Waals surface area contributed by atoms with Crippen LogP contribution in [0.2, 0.25) is 0 Å². The molecule has 2 bridgehead atoms. The van der Waals surface area contributed by atoms with Gasteiger partial charge in [0.2, 0.25) is 24.1 Å². The van der Waals surface area contributed by atoms with Crippen LogP contribution in [-0.2, 0) is 30.3 Å². The highest BCUT2D eigenvalue weighted by molar-refractivity contribution is 6.08. The van der Waals surface area contributed by atoms with Gasteiger partial charge in [0.05, 0.1) is 23.8 Å². The summed E-state index contributed by atoms with van der Waals surface area (Å²) in [7, 11) is 0. The van der Waals surface area contributed by atoms with E-state index in [0.717, 1.165) is 66.2 Å². The van der Waals surface area contributed by atoms with Crippen LogP contribution in [0.5, 0.6) is 0 Å². The molecule has 1 atom stereocenters. The number of nitrogens with zero attached hydrogens (tertiary/aromatic N) is 2. The number of likely N-dealkylation sites (tertiary alicyclic amines) is 1. The Labute approximate surface area is 244 Å². The van der Waals surface area contributed by atoms with Crippen LogP contribution < -0.4 is 15.5 Å². The largest absolute Gasteiger partial charge is 0.388 e. The third-order valence-corrected chi connectivity index (χ3v) is 9.41. The summed E-state index contributed by atoms with van der Waals surface area (Å²) in [5.41, 5.74) is 3.13. The predicted molar refractivity (Wildman–Crippen MR) is 158 cm³/mol. The number of hydrogen-bond donors (Lipinski definition) is 3. The van der Waals surface area contributed by atoms with Crippen molar-refractivity contribution in [2.75, 3.05) is 24.6 Å². The highest BCUT2D eigenvalue weighted by atomic mass is 16.5. The van der Waals surface area contributed by atoms with Crippen LogP contribution >= 0.6 is 0 Å². The van der Waals surface area contributed by atoms with Crippen molar-refractivity contribution < 1.29 is 23.9 Å². The summed E-state index contributed by atoms with van der Waals surface area (Å²) < 4.78 is 5.65. The van der Waals surface area contributed by atoms with Crippen molar-refractivity contribution in [2.45, 2.75) is 70.1 Å². The van der Waals surface area contributed by atoms with Gasteiger partial charge in [-0.3, -0.25) is 24.5 Å². The van der Waals surface area contributed by atoms with Crippen LogP contribution in [0.25, 0.3) is 10.8 Å². The van der Waals surface area contributed by atoms with Crippen molar-refractivity contribution in [1.29, 1.82) is 5.41 Å². The molecule has 10 heteroatoms. The number of piperidine rings is 2. The summed E-state index contributed by atoms with van der Waals surface area (Å²) in [5.74, 6) is -0.544. The van der Waals surface area contributed by atoms with E-state index >= 15 is 0 Å². The van der Waals surface area contributed by atoms with E-state index in [9.17, 15) is 19.2 Å². The lowest BCUT2D eigenvalue weighted by atomic mass is 9.69. The van der Waals surface area contributed by atoms with Crippen molar-refractivity contribution >= 4 is 46.8 Å². The number of imide groups is 1. The lowest BCUT2D eigenvalue weighted by Crippen LogP contribution is -2.53. The zero-order chi connectivity index (χ0) is 29.4. The number of anilines is 1. The molecule has 0 spiro atoms. The average molecular weight is 572 g/mol. The van der Waals surface area contributed by atoms with Crippen LogP contribution in [-0.4, -0.2) is 73.1 Å². The Balaban J connectivity index is 1.15. The molecule has 1 aliphatic carbocycles. The predicted octanol–water partition coefficient (Wildman–Crippen LogP) is 2.75. The Morgan fingerprint density at radius 1 is 1.19 bits per heavy atom. The molecule has 5 fully saturated rings. The second kappa shape index (κ2) is 11.3. The molecular weight excluding hydrogens is 534 g/mol. The molecule has 2 aromatic rings. The Bertz CT molecular complexity index is 1470. The first-order valence-electron chi connectivity index (χ1n) is 14.8. The van der Waals surface area contributed by atoms with Crippen LogP contribution in [0, 0.1) is 17.7 Å². The molecule has 220 valence electrons. The van der Waals surface area contributed by atoms with Crippen molar-refractivity contribution in [3.63, 3.8) is 0 Å². The highest BCUT2D eigenvalue weighted by Gasteiger charge is 2.58. The summed E-state index contributed by atoms with van der Waals surface area (Å²) in [6, 6.07) is 9.19. The molecule has 4 aliphatic heterocycles. The average Bonchev–Trinajstić information content (AvgIpc) is 3.60. The zero-order valence-corrected chi connectivity index (χ0v) is 23.9. The molecule has 10 nitrogen and oxygen atoms in total. The van der Waals surface area contributed by atoms with E-state index < -0.39 is 11.9 Å². The number of rotatable bonds is 9. The van der Waals surface area contributed by atoms with Crippen molar-refractivity contribution in [1.82, 2.24) is 15.5 Å². The van der Waals surface area contributed by atoms with Gasteiger partial charge in [-0.25, -0.2) is 0 Å². The molecule has 4 heterocycles. The smallest absolute Gasteiger partial charge is 0.249 e. The lowest BCUT2D eigenvalue weighted by molar-refractivity contribution is -0.145. The van der Waals surface area contributed by atoms with Gasteiger partial charge >= 0.3 is 0 Å². The van der Waals surface area contributed by atoms with Crippen molar-refractivity contribution in [2.24, 2.45) is 5.41 Å². The fraction of sp³-hybridized carbons (Fsp3) is 0.469. The molecule has 7 rings (SSSR count). The molecule has 2 aromatic carbocycles. The van der Waals surface area contributed by atoms with E-state index in [-0.39, 0.29) is 42.2 Å². The fourth-order valence-corrected chi connectivity index (χ4v) is 6.98. The van der Waals surface area contributed by atoms with Gasteiger partial charge in [0.1, 0.15) is 6.04 Å². The first kappa shape index (κ1) is 28.1. The number of ether oxygens (including phenoxy) is 1. The number of allylic oxidation sites excluding steroid dienone is 1. The standard InChI is InChI=1S/C32H37N5O5/c1-20-3-2-4-25-22(5-6-26(29(20)25)37(19-38)27-7-8-28(39)35-30(27)40)13-21(16-33)17-34-23-9-11-36(12-10-23)31(41)32-14-24(15-32)42-18-32/h2-6,16-17,19,23-24,27,33-34H,7-15,18H2,1H3,(H,35,39,40)/b21-17-,33-16?. The minimum atomic E-state index is -0.756. The lowest BCUT2D eigenvalue weighted by Gasteiger charge is -2.41.